The molecule has 1 amide bonds. The lowest BCUT2D eigenvalue weighted by molar-refractivity contribution is -0.116. The zero-order valence-corrected chi connectivity index (χ0v) is 20.2. The molecule has 4 rings (SSSR count). The van der Waals surface area contributed by atoms with Crippen LogP contribution in [0.4, 0.5) is 10.2 Å². The van der Waals surface area contributed by atoms with Crippen molar-refractivity contribution in [1.29, 1.82) is 0 Å². The maximum absolute atomic E-state index is 13.7. The van der Waals surface area contributed by atoms with Crippen LogP contribution in [0.5, 0.6) is 0 Å². The molecule has 0 bridgehead atoms. The number of carbonyl (C=O) groups excluding carboxylic acids is 1. The number of halogens is 1. The number of anilines is 1. The van der Waals surface area contributed by atoms with Crippen molar-refractivity contribution < 1.29 is 9.18 Å². The van der Waals surface area contributed by atoms with Crippen molar-refractivity contribution in [3.8, 4) is 11.3 Å². The van der Waals surface area contributed by atoms with E-state index in [2.05, 4.69) is 17.4 Å². The predicted octanol–water partition coefficient (Wildman–Crippen LogP) is 7.16. The van der Waals surface area contributed by atoms with E-state index in [1.165, 1.54) is 18.1 Å². The number of benzene rings is 2. The molecule has 0 aliphatic heterocycles. The van der Waals surface area contributed by atoms with E-state index in [4.69, 9.17) is 9.97 Å². The molecule has 1 aliphatic carbocycles. The smallest absolute Gasteiger partial charge is 0.225 e. The van der Waals surface area contributed by atoms with E-state index in [-0.39, 0.29) is 17.6 Å². The van der Waals surface area contributed by atoms with Crippen LogP contribution in [-0.4, -0.2) is 15.9 Å². The number of aromatic nitrogens is 2. The molecule has 1 fully saturated rings. The van der Waals surface area contributed by atoms with Gasteiger partial charge >= 0.3 is 0 Å². The Morgan fingerprint density at radius 2 is 1.82 bits per heavy atom. The predicted molar refractivity (Wildman–Crippen MR) is 135 cm³/mol. The summed E-state index contributed by atoms with van der Waals surface area (Å²) in [7, 11) is 0. The second kappa shape index (κ2) is 11.4. The lowest BCUT2D eigenvalue weighted by atomic mass is 9.86. The zero-order chi connectivity index (χ0) is 23.9. The molecule has 0 unspecified atom stereocenters. The van der Waals surface area contributed by atoms with Gasteiger partial charge in [0.1, 0.15) is 5.82 Å². The van der Waals surface area contributed by atoms with Gasteiger partial charge in [0.05, 0.1) is 17.1 Å². The number of carbonyl (C=O) groups is 1. The second-order valence-electron chi connectivity index (χ2n) is 9.29. The van der Waals surface area contributed by atoms with Gasteiger partial charge in [-0.05, 0) is 68.4 Å². The van der Waals surface area contributed by atoms with Gasteiger partial charge in [0, 0.05) is 17.9 Å². The average molecular weight is 460 g/mol. The van der Waals surface area contributed by atoms with Gasteiger partial charge in [-0.15, -0.1) is 0 Å². The lowest BCUT2D eigenvalue weighted by Gasteiger charge is -2.24. The minimum absolute atomic E-state index is 0.0185. The van der Waals surface area contributed by atoms with Crippen LogP contribution < -0.4 is 5.32 Å². The Bertz CT molecular complexity index is 1120. The first-order chi connectivity index (χ1) is 16.5. The lowest BCUT2D eigenvalue weighted by Crippen LogP contribution is -2.19. The van der Waals surface area contributed by atoms with E-state index in [1.807, 2.05) is 32.0 Å². The molecule has 0 spiro atoms. The fourth-order valence-electron chi connectivity index (χ4n) is 4.88. The molecular weight excluding hydrogens is 425 g/mol. The van der Waals surface area contributed by atoms with Crippen LogP contribution in [-0.2, 0) is 17.6 Å². The summed E-state index contributed by atoms with van der Waals surface area (Å²) in [5.41, 5.74) is 5.51. The number of amides is 1. The summed E-state index contributed by atoms with van der Waals surface area (Å²) in [4.78, 5) is 22.9. The van der Waals surface area contributed by atoms with Crippen LogP contribution >= 0.6 is 0 Å². The number of rotatable bonds is 8. The molecule has 3 aromatic rings. The highest BCUT2D eigenvalue weighted by Crippen LogP contribution is 2.37. The molecule has 1 saturated carbocycles. The molecule has 178 valence electrons. The molecule has 1 aromatic heterocycles. The van der Waals surface area contributed by atoms with Gasteiger partial charge in [0.25, 0.3) is 0 Å². The Kier molecular flexibility index (Phi) is 8.04. The quantitative estimate of drug-likeness (QED) is 0.389. The third kappa shape index (κ3) is 5.88. The molecule has 1 heterocycles. The maximum Gasteiger partial charge on any atom is 0.225 e. The van der Waals surface area contributed by atoms with Crippen LogP contribution in [0.25, 0.3) is 11.3 Å². The number of nitrogens with zero attached hydrogens (tertiary/aromatic N) is 2. The first-order valence-electron chi connectivity index (χ1n) is 12.6. The van der Waals surface area contributed by atoms with Gasteiger partial charge in [-0.2, -0.15) is 0 Å². The van der Waals surface area contributed by atoms with Crippen molar-refractivity contribution in [1.82, 2.24) is 9.97 Å². The second-order valence-corrected chi connectivity index (χ2v) is 9.29. The summed E-state index contributed by atoms with van der Waals surface area (Å²) in [6.07, 6.45) is 8.46. The molecule has 1 aliphatic rings. The van der Waals surface area contributed by atoms with Gasteiger partial charge in [-0.1, -0.05) is 56.5 Å². The summed E-state index contributed by atoms with van der Waals surface area (Å²) < 4.78 is 13.7. The van der Waals surface area contributed by atoms with Gasteiger partial charge in [0.15, 0.2) is 5.82 Å². The molecule has 1 N–H and O–H groups in total. The zero-order valence-electron chi connectivity index (χ0n) is 20.2. The fourth-order valence-corrected chi connectivity index (χ4v) is 4.88. The first kappa shape index (κ1) is 24.1. The minimum atomic E-state index is -0.251. The van der Waals surface area contributed by atoms with Crippen LogP contribution in [0.3, 0.4) is 0 Å². The Labute approximate surface area is 202 Å². The standard InChI is InChI=1S/C29H34FN3O/c1-3-25-28(24-18-17-23(30)19-20(24)2)33-27(22-14-8-5-9-15-22)29(31-25)32-26(34)16-10-13-21-11-6-4-7-12-21/h4,6-7,11-12,17-19,22H,3,5,8-10,13-16H2,1-2H3,(H,31,32,34). The van der Waals surface area contributed by atoms with Crippen LogP contribution in [0.2, 0.25) is 0 Å². The van der Waals surface area contributed by atoms with Gasteiger partial charge in [-0.25, -0.2) is 14.4 Å². The topological polar surface area (TPSA) is 54.9 Å². The largest absolute Gasteiger partial charge is 0.309 e. The van der Waals surface area contributed by atoms with E-state index < -0.39 is 0 Å². The molecular formula is C29H34FN3O. The number of aryl methyl sites for hydroxylation is 3. The molecule has 5 heteroatoms. The number of nitrogens with one attached hydrogen (secondary N) is 1. The van der Waals surface area contributed by atoms with Crippen LogP contribution in [0, 0.1) is 12.7 Å². The summed E-state index contributed by atoms with van der Waals surface area (Å²) in [6, 6.07) is 15.1. The van der Waals surface area contributed by atoms with E-state index >= 15 is 0 Å². The van der Waals surface area contributed by atoms with Gasteiger partial charge in [-0.3, -0.25) is 4.79 Å². The van der Waals surface area contributed by atoms with Crippen molar-refractivity contribution in [3.63, 3.8) is 0 Å². The van der Waals surface area contributed by atoms with Crippen molar-refractivity contribution in [2.45, 2.75) is 77.6 Å². The highest BCUT2D eigenvalue weighted by Gasteiger charge is 2.25. The minimum Gasteiger partial charge on any atom is -0.309 e. The van der Waals surface area contributed by atoms with Crippen molar-refractivity contribution in [3.05, 3.63) is 76.9 Å². The number of hydrogen-bond acceptors (Lipinski definition) is 3. The van der Waals surface area contributed by atoms with Gasteiger partial charge < -0.3 is 5.32 Å². The fraction of sp³-hybridized carbons (Fsp3) is 0.414. The SMILES string of the molecule is CCc1nc(NC(=O)CCCc2ccccc2)c(C2CCCCC2)nc1-c1ccc(F)cc1C. The van der Waals surface area contributed by atoms with Crippen molar-refractivity contribution in [2.24, 2.45) is 0 Å². The average Bonchev–Trinajstić information content (AvgIpc) is 2.85. The highest BCUT2D eigenvalue weighted by molar-refractivity contribution is 5.90. The summed E-state index contributed by atoms with van der Waals surface area (Å²) in [5.74, 6) is 0.623. The molecule has 34 heavy (non-hydrogen) atoms. The van der Waals surface area contributed by atoms with E-state index in [9.17, 15) is 9.18 Å². The summed E-state index contributed by atoms with van der Waals surface area (Å²) >= 11 is 0. The third-order valence-corrected chi connectivity index (χ3v) is 6.74. The maximum atomic E-state index is 13.7. The Morgan fingerprint density at radius 3 is 2.53 bits per heavy atom. The molecule has 0 saturated heterocycles. The molecule has 0 radical (unpaired) electrons. The summed E-state index contributed by atoms with van der Waals surface area (Å²) in [6.45, 7) is 3.94. The highest BCUT2D eigenvalue weighted by atomic mass is 19.1. The number of hydrogen-bond donors (Lipinski definition) is 1. The van der Waals surface area contributed by atoms with Crippen LogP contribution in [0.15, 0.2) is 48.5 Å². The first-order valence-corrected chi connectivity index (χ1v) is 12.6. The van der Waals surface area contributed by atoms with Crippen LogP contribution in [0.1, 0.15) is 80.3 Å². The monoisotopic (exact) mass is 459 g/mol. The molecule has 4 nitrogen and oxygen atoms in total. The van der Waals surface area contributed by atoms with Gasteiger partial charge in [0.2, 0.25) is 5.91 Å². The van der Waals surface area contributed by atoms with E-state index in [0.717, 1.165) is 66.7 Å². The van der Waals surface area contributed by atoms with E-state index in [0.29, 0.717) is 18.7 Å². The summed E-state index contributed by atoms with van der Waals surface area (Å²) in [5, 5.41) is 3.10. The van der Waals surface area contributed by atoms with Crippen molar-refractivity contribution >= 4 is 11.7 Å². The van der Waals surface area contributed by atoms with E-state index in [1.54, 1.807) is 12.1 Å². The Morgan fingerprint density at radius 1 is 1.06 bits per heavy atom. The molecule has 2 aromatic carbocycles. The normalized spacial score (nSPS) is 14.2. The Hall–Kier alpha value is -3.08. The Balaban J connectivity index is 1.60. The molecule has 0 atom stereocenters. The van der Waals surface area contributed by atoms with Crippen molar-refractivity contribution in [2.75, 3.05) is 5.32 Å². The third-order valence-electron chi connectivity index (χ3n) is 6.74.